The Labute approximate surface area is 127 Å². The second-order valence-corrected chi connectivity index (χ2v) is 6.34. The molecule has 1 unspecified atom stereocenters. The molecule has 0 saturated carbocycles. The van der Waals surface area contributed by atoms with Crippen molar-refractivity contribution < 1.29 is 9.84 Å². The minimum atomic E-state index is -0.595. The number of piperidine rings is 1. The van der Waals surface area contributed by atoms with E-state index in [0.29, 0.717) is 11.8 Å². The molecule has 2 aliphatic heterocycles. The van der Waals surface area contributed by atoms with Gasteiger partial charge in [0.15, 0.2) is 6.29 Å². The molecule has 2 aliphatic rings. The number of methoxy groups -OCH3 is 1. The Hall–Kier alpha value is -0.940. The zero-order valence-corrected chi connectivity index (χ0v) is 12.8. The van der Waals surface area contributed by atoms with Crippen molar-refractivity contribution in [1.29, 1.82) is 0 Å². The summed E-state index contributed by atoms with van der Waals surface area (Å²) in [4.78, 5) is 2.47. The number of likely N-dealkylation sites (tertiary alicyclic amines) is 1. The topological polar surface area (TPSA) is 44.7 Å². The molecule has 4 nitrogen and oxygen atoms in total. The van der Waals surface area contributed by atoms with Crippen LogP contribution in [-0.4, -0.2) is 49.6 Å². The molecular formula is C17H26N2O2. The molecule has 0 amide bonds. The van der Waals surface area contributed by atoms with Crippen LogP contribution in [0.2, 0.25) is 0 Å². The van der Waals surface area contributed by atoms with Crippen LogP contribution < -0.4 is 5.32 Å². The molecule has 4 heteroatoms. The Balaban J connectivity index is 1.48. The van der Waals surface area contributed by atoms with Crippen LogP contribution in [0.3, 0.4) is 0 Å². The van der Waals surface area contributed by atoms with Gasteiger partial charge in [0.2, 0.25) is 0 Å². The third-order valence-electron chi connectivity index (χ3n) is 4.92. The van der Waals surface area contributed by atoms with Gasteiger partial charge in [0.25, 0.3) is 0 Å². The van der Waals surface area contributed by atoms with Crippen LogP contribution in [0.15, 0.2) is 24.3 Å². The number of aliphatic hydroxyl groups excluding tert-OH is 1. The zero-order chi connectivity index (χ0) is 14.7. The number of hydrogen-bond acceptors (Lipinski definition) is 4. The van der Waals surface area contributed by atoms with Gasteiger partial charge >= 0.3 is 0 Å². The average molecular weight is 290 g/mol. The van der Waals surface area contributed by atoms with Crippen LogP contribution in [0, 0.1) is 5.92 Å². The Morgan fingerprint density at radius 2 is 1.90 bits per heavy atom. The monoisotopic (exact) mass is 290 g/mol. The first-order valence-electron chi connectivity index (χ1n) is 7.99. The summed E-state index contributed by atoms with van der Waals surface area (Å²) in [6.07, 6.45) is 1.43. The summed E-state index contributed by atoms with van der Waals surface area (Å²) in [5.74, 6) is 1.00. The SMILES string of the molecule is COC(O)C1CCN(Cc2ccc(C3CNC3)cc2)CC1. The fourth-order valence-corrected chi connectivity index (χ4v) is 3.27. The molecule has 1 atom stereocenters. The quantitative estimate of drug-likeness (QED) is 0.808. The van der Waals surface area contributed by atoms with Crippen molar-refractivity contribution >= 4 is 0 Å². The fourth-order valence-electron chi connectivity index (χ4n) is 3.27. The molecule has 2 saturated heterocycles. The molecule has 0 bridgehead atoms. The van der Waals surface area contributed by atoms with Gasteiger partial charge < -0.3 is 15.2 Å². The van der Waals surface area contributed by atoms with Gasteiger partial charge in [-0.3, -0.25) is 4.90 Å². The number of hydrogen-bond donors (Lipinski definition) is 2. The first-order chi connectivity index (χ1) is 10.3. The molecule has 2 fully saturated rings. The van der Waals surface area contributed by atoms with E-state index in [4.69, 9.17) is 4.74 Å². The molecule has 116 valence electrons. The van der Waals surface area contributed by atoms with Gasteiger partial charge in [0.1, 0.15) is 0 Å². The van der Waals surface area contributed by atoms with Gasteiger partial charge in [-0.15, -0.1) is 0 Å². The number of ether oxygens (including phenoxy) is 1. The van der Waals surface area contributed by atoms with Crippen LogP contribution in [-0.2, 0) is 11.3 Å². The van der Waals surface area contributed by atoms with Crippen LogP contribution in [0.1, 0.15) is 29.9 Å². The third kappa shape index (κ3) is 3.64. The molecule has 1 aromatic rings. The van der Waals surface area contributed by atoms with E-state index in [0.717, 1.165) is 45.6 Å². The summed E-state index contributed by atoms with van der Waals surface area (Å²) in [5, 5.41) is 13.0. The first-order valence-corrected chi connectivity index (χ1v) is 7.99. The lowest BCUT2D eigenvalue weighted by Crippen LogP contribution is -2.39. The molecule has 0 radical (unpaired) electrons. The van der Waals surface area contributed by atoms with Gasteiger partial charge in [-0.05, 0) is 37.1 Å². The van der Waals surface area contributed by atoms with E-state index in [1.807, 2.05) is 0 Å². The van der Waals surface area contributed by atoms with Crippen molar-refractivity contribution in [3.63, 3.8) is 0 Å². The van der Waals surface area contributed by atoms with E-state index < -0.39 is 6.29 Å². The maximum atomic E-state index is 9.72. The molecule has 0 spiro atoms. The number of nitrogens with one attached hydrogen (secondary N) is 1. The van der Waals surface area contributed by atoms with E-state index >= 15 is 0 Å². The zero-order valence-electron chi connectivity index (χ0n) is 12.8. The molecule has 21 heavy (non-hydrogen) atoms. The smallest absolute Gasteiger partial charge is 0.157 e. The maximum Gasteiger partial charge on any atom is 0.157 e. The average Bonchev–Trinajstić information content (AvgIpc) is 2.47. The summed E-state index contributed by atoms with van der Waals surface area (Å²) in [5.41, 5.74) is 2.84. The van der Waals surface area contributed by atoms with Crippen molar-refractivity contribution in [3.8, 4) is 0 Å². The summed E-state index contributed by atoms with van der Waals surface area (Å²) >= 11 is 0. The molecule has 1 aromatic carbocycles. The van der Waals surface area contributed by atoms with Crippen LogP contribution >= 0.6 is 0 Å². The highest BCUT2D eigenvalue weighted by molar-refractivity contribution is 5.27. The van der Waals surface area contributed by atoms with Crippen molar-refractivity contribution in [2.24, 2.45) is 5.92 Å². The highest BCUT2D eigenvalue weighted by Gasteiger charge is 2.25. The Morgan fingerprint density at radius 1 is 1.24 bits per heavy atom. The number of aliphatic hydroxyl groups is 1. The lowest BCUT2D eigenvalue weighted by molar-refractivity contribution is -0.124. The lowest BCUT2D eigenvalue weighted by atomic mass is 9.92. The van der Waals surface area contributed by atoms with Crippen LogP contribution in [0.25, 0.3) is 0 Å². The Kier molecular flexibility index (Phi) is 4.91. The molecule has 3 rings (SSSR count). The summed E-state index contributed by atoms with van der Waals surface area (Å²) in [7, 11) is 1.58. The highest BCUT2D eigenvalue weighted by Crippen LogP contribution is 2.24. The van der Waals surface area contributed by atoms with Gasteiger partial charge in [-0.2, -0.15) is 0 Å². The second-order valence-electron chi connectivity index (χ2n) is 6.34. The Bertz CT molecular complexity index is 437. The lowest BCUT2D eigenvalue weighted by Gasteiger charge is -2.33. The fraction of sp³-hybridized carbons (Fsp3) is 0.647. The molecular weight excluding hydrogens is 264 g/mol. The summed E-state index contributed by atoms with van der Waals surface area (Å²) < 4.78 is 5.03. The molecule has 2 N–H and O–H groups in total. The normalized spacial score (nSPS) is 23.0. The number of benzene rings is 1. The standard InChI is InChI=1S/C17H26N2O2/c1-21-17(20)15-6-8-19(9-7-15)12-13-2-4-14(5-3-13)16-10-18-11-16/h2-5,15-18,20H,6-12H2,1H3. The minimum absolute atomic E-state index is 0.291. The van der Waals surface area contributed by atoms with Crippen molar-refractivity contribution in [1.82, 2.24) is 10.2 Å². The van der Waals surface area contributed by atoms with E-state index in [1.54, 1.807) is 7.11 Å². The summed E-state index contributed by atoms with van der Waals surface area (Å²) in [6, 6.07) is 9.10. The minimum Gasteiger partial charge on any atom is -0.368 e. The molecule has 2 heterocycles. The van der Waals surface area contributed by atoms with E-state index in [1.165, 1.54) is 11.1 Å². The van der Waals surface area contributed by atoms with Crippen LogP contribution in [0.4, 0.5) is 0 Å². The maximum absolute atomic E-state index is 9.72. The molecule has 0 aromatic heterocycles. The van der Waals surface area contributed by atoms with E-state index in [2.05, 4.69) is 34.5 Å². The predicted octanol–water partition coefficient (Wildman–Crippen LogP) is 1.55. The number of nitrogens with zero attached hydrogens (tertiary/aromatic N) is 1. The first kappa shape index (κ1) is 15.0. The highest BCUT2D eigenvalue weighted by atomic mass is 16.6. The van der Waals surface area contributed by atoms with Crippen LogP contribution in [0.5, 0.6) is 0 Å². The van der Waals surface area contributed by atoms with Gasteiger partial charge in [-0.1, -0.05) is 24.3 Å². The van der Waals surface area contributed by atoms with Gasteiger partial charge in [0.05, 0.1) is 0 Å². The summed E-state index contributed by atoms with van der Waals surface area (Å²) in [6.45, 7) is 5.33. The largest absolute Gasteiger partial charge is 0.368 e. The van der Waals surface area contributed by atoms with Gasteiger partial charge in [-0.25, -0.2) is 0 Å². The van der Waals surface area contributed by atoms with E-state index in [-0.39, 0.29) is 0 Å². The predicted molar refractivity (Wildman–Crippen MR) is 83.1 cm³/mol. The van der Waals surface area contributed by atoms with Gasteiger partial charge in [0, 0.05) is 38.6 Å². The second kappa shape index (κ2) is 6.88. The molecule has 0 aliphatic carbocycles. The third-order valence-corrected chi connectivity index (χ3v) is 4.92. The Morgan fingerprint density at radius 3 is 2.43 bits per heavy atom. The van der Waals surface area contributed by atoms with Crippen molar-refractivity contribution in [2.45, 2.75) is 31.6 Å². The number of rotatable bonds is 5. The van der Waals surface area contributed by atoms with Crippen molar-refractivity contribution in [3.05, 3.63) is 35.4 Å². The van der Waals surface area contributed by atoms with Crippen molar-refractivity contribution in [2.75, 3.05) is 33.3 Å². The van der Waals surface area contributed by atoms with E-state index in [9.17, 15) is 5.11 Å².